The first kappa shape index (κ1) is 16.7. The number of thiazole rings is 1. The third kappa shape index (κ3) is 4.46. The lowest BCUT2D eigenvalue weighted by Crippen LogP contribution is -2.23. The Morgan fingerprint density at radius 2 is 1.92 bits per heavy atom. The van der Waals surface area contributed by atoms with Gasteiger partial charge in [0.05, 0.1) is 13.7 Å². The van der Waals surface area contributed by atoms with Crippen molar-refractivity contribution in [1.82, 2.24) is 10.3 Å². The molecule has 1 heterocycles. The van der Waals surface area contributed by atoms with E-state index in [-0.39, 0.29) is 12.5 Å². The fourth-order valence-corrected chi connectivity index (χ4v) is 2.93. The number of amides is 1. The molecule has 0 saturated heterocycles. The van der Waals surface area contributed by atoms with Crippen molar-refractivity contribution in [2.45, 2.75) is 0 Å². The summed E-state index contributed by atoms with van der Waals surface area (Å²) in [5.74, 6) is 6.50. The number of methoxy groups -OCH3 is 1. The van der Waals surface area contributed by atoms with Crippen molar-refractivity contribution >= 4 is 17.2 Å². The lowest BCUT2D eigenvalue weighted by atomic mass is 10.2. The monoisotopic (exact) mass is 348 g/mol. The summed E-state index contributed by atoms with van der Waals surface area (Å²) in [4.78, 5) is 16.5. The molecule has 5 heteroatoms. The highest BCUT2D eigenvalue weighted by atomic mass is 32.1. The van der Waals surface area contributed by atoms with Crippen LogP contribution in [0, 0.1) is 11.8 Å². The van der Waals surface area contributed by atoms with E-state index in [0.29, 0.717) is 5.69 Å². The van der Waals surface area contributed by atoms with Crippen LogP contribution in [-0.4, -0.2) is 24.5 Å². The van der Waals surface area contributed by atoms with E-state index < -0.39 is 0 Å². The Kier molecular flexibility index (Phi) is 5.45. The van der Waals surface area contributed by atoms with Crippen LogP contribution in [0.15, 0.2) is 60.0 Å². The van der Waals surface area contributed by atoms with E-state index in [4.69, 9.17) is 4.74 Å². The highest BCUT2D eigenvalue weighted by molar-refractivity contribution is 7.13. The molecule has 0 aliphatic rings. The van der Waals surface area contributed by atoms with Gasteiger partial charge >= 0.3 is 0 Å². The summed E-state index contributed by atoms with van der Waals surface area (Å²) in [6, 6.07) is 17.2. The van der Waals surface area contributed by atoms with Crippen LogP contribution in [0.4, 0.5) is 0 Å². The third-order valence-electron chi connectivity index (χ3n) is 3.42. The minimum Gasteiger partial charge on any atom is -0.497 e. The predicted molar refractivity (Wildman–Crippen MR) is 99.8 cm³/mol. The molecule has 0 aliphatic carbocycles. The summed E-state index contributed by atoms with van der Waals surface area (Å²) in [6.07, 6.45) is 0. The molecule has 1 aromatic heterocycles. The summed E-state index contributed by atoms with van der Waals surface area (Å²) in [5, 5.41) is 5.35. The molecule has 2 aromatic carbocycles. The maximum atomic E-state index is 12.1. The highest BCUT2D eigenvalue weighted by Crippen LogP contribution is 2.23. The quantitative estimate of drug-likeness (QED) is 0.733. The molecular formula is C20H16N2O2S. The van der Waals surface area contributed by atoms with Crippen LogP contribution < -0.4 is 10.1 Å². The van der Waals surface area contributed by atoms with Crippen molar-refractivity contribution in [3.05, 3.63) is 71.2 Å². The molecule has 0 radical (unpaired) electrons. The van der Waals surface area contributed by atoms with Crippen molar-refractivity contribution in [2.24, 2.45) is 0 Å². The molecule has 25 heavy (non-hydrogen) atoms. The van der Waals surface area contributed by atoms with Gasteiger partial charge in [0.2, 0.25) is 0 Å². The number of carbonyl (C=O) groups excluding carboxylic acids is 1. The maximum Gasteiger partial charge on any atom is 0.271 e. The first-order valence-electron chi connectivity index (χ1n) is 7.68. The van der Waals surface area contributed by atoms with Gasteiger partial charge in [-0.3, -0.25) is 4.79 Å². The second-order valence-electron chi connectivity index (χ2n) is 5.12. The lowest BCUT2D eigenvalue weighted by Gasteiger charge is -1.98. The Morgan fingerprint density at radius 3 is 2.64 bits per heavy atom. The fourth-order valence-electron chi connectivity index (χ4n) is 2.13. The zero-order chi connectivity index (χ0) is 17.5. The van der Waals surface area contributed by atoms with Crippen LogP contribution in [-0.2, 0) is 0 Å². The molecule has 1 amide bonds. The molecule has 0 fully saturated rings. The van der Waals surface area contributed by atoms with Gasteiger partial charge in [-0.1, -0.05) is 42.2 Å². The zero-order valence-corrected chi connectivity index (χ0v) is 14.5. The number of benzene rings is 2. The lowest BCUT2D eigenvalue weighted by molar-refractivity contribution is 0.0954. The third-order valence-corrected chi connectivity index (χ3v) is 4.31. The van der Waals surface area contributed by atoms with E-state index in [0.717, 1.165) is 21.9 Å². The van der Waals surface area contributed by atoms with E-state index in [1.54, 1.807) is 12.5 Å². The van der Waals surface area contributed by atoms with Crippen molar-refractivity contribution in [1.29, 1.82) is 0 Å². The molecule has 0 atom stereocenters. The Morgan fingerprint density at radius 1 is 1.16 bits per heavy atom. The molecule has 3 rings (SSSR count). The number of nitrogens with zero attached hydrogens (tertiary/aromatic N) is 1. The second kappa shape index (κ2) is 8.13. The fraction of sp³-hybridized carbons (Fsp3) is 0.100. The van der Waals surface area contributed by atoms with Gasteiger partial charge in [-0.25, -0.2) is 4.98 Å². The topological polar surface area (TPSA) is 51.2 Å². The molecule has 3 aromatic rings. The van der Waals surface area contributed by atoms with Gasteiger partial charge in [-0.2, -0.15) is 0 Å². The normalized spacial score (nSPS) is 9.80. The van der Waals surface area contributed by atoms with Gasteiger partial charge in [0.1, 0.15) is 16.5 Å². The molecule has 0 saturated carbocycles. The highest BCUT2D eigenvalue weighted by Gasteiger charge is 2.10. The summed E-state index contributed by atoms with van der Waals surface area (Å²) >= 11 is 1.45. The summed E-state index contributed by atoms with van der Waals surface area (Å²) in [7, 11) is 1.62. The van der Waals surface area contributed by atoms with E-state index in [1.807, 2.05) is 54.6 Å². The molecule has 124 valence electrons. The molecule has 0 bridgehead atoms. The SMILES string of the molecule is COc1ccc(C#CCNC(=O)c2csc(-c3ccccc3)n2)cc1. The average molecular weight is 348 g/mol. The standard InChI is InChI=1S/C20H16N2O2S/c1-24-17-11-9-15(10-12-17)6-5-13-21-19(23)18-14-25-20(22-18)16-7-3-2-4-8-16/h2-4,7-12,14H,13H2,1H3,(H,21,23). The van der Waals surface area contributed by atoms with E-state index in [9.17, 15) is 4.79 Å². The average Bonchev–Trinajstić information content (AvgIpc) is 3.16. The Bertz CT molecular complexity index is 906. The van der Waals surface area contributed by atoms with Crippen LogP contribution >= 0.6 is 11.3 Å². The van der Waals surface area contributed by atoms with Gasteiger partial charge in [0.25, 0.3) is 5.91 Å². The molecule has 0 unspecified atom stereocenters. The number of carbonyl (C=O) groups is 1. The molecule has 1 N–H and O–H groups in total. The summed E-state index contributed by atoms with van der Waals surface area (Å²) in [5.41, 5.74) is 2.29. The molecule has 0 spiro atoms. The molecule has 0 aliphatic heterocycles. The van der Waals surface area contributed by atoms with Crippen LogP contribution in [0.5, 0.6) is 5.75 Å². The minimum atomic E-state index is -0.220. The largest absolute Gasteiger partial charge is 0.497 e. The van der Waals surface area contributed by atoms with Gasteiger partial charge < -0.3 is 10.1 Å². The number of ether oxygens (including phenoxy) is 1. The smallest absolute Gasteiger partial charge is 0.271 e. The van der Waals surface area contributed by atoms with Gasteiger partial charge in [0, 0.05) is 16.5 Å². The predicted octanol–water partition coefficient (Wildman–Crippen LogP) is 3.60. The van der Waals surface area contributed by atoms with Crippen molar-refractivity contribution in [3.63, 3.8) is 0 Å². The Labute approximate surface area is 150 Å². The van der Waals surface area contributed by atoms with E-state index >= 15 is 0 Å². The van der Waals surface area contributed by atoms with E-state index in [1.165, 1.54) is 11.3 Å². The van der Waals surface area contributed by atoms with Crippen LogP contribution in [0.25, 0.3) is 10.6 Å². The van der Waals surface area contributed by atoms with Crippen LogP contribution in [0.1, 0.15) is 16.1 Å². The van der Waals surface area contributed by atoms with Gasteiger partial charge in [0.15, 0.2) is 0 Å². The number of rotatable bonds is 4. The summed E-state index contributed by atoms with van der Waals surface area (Å²) < 4.78 is 5.10. The van der Waals surface area contributed by atoms with E-state index in [2.05, 4.69) is 22.1 Å². The molecular weight excluding hydrogens is 332 g/mol. The van der Waals surface area contributed by atoms with Gasteiger partial charge in [-0.15, -0.1) is 11.3 Å². The number of hydrogen-bond acceptors (Lipinski definition) is 4. The van der Waals surface area contributed by atoms with Crippen molar-refractivity contribution in [2.75, 3.05) is 13.7 Å². The van der Waals surface area contributed by atoms with Gasteiger partial charge in [-0.05, 0) is 24.3 Å². The first-order valence-corrected chi connectivity index (χ1v) is 8.56. The number of hydrogen-bond donors (Lipinski definition) is 1. The van der Waals surface area contributed by atoms with Crippen molar-refractivity contribution in [3.8, 4) is 28.2 Å². The molecule has 4 nitrogen and oxygen atoms in total. The number of nitrogens with one attached hydrogen (secondary N) is 1. The van der Waals surface area contributed by atoms with Crippen LogP contribution in [0.3, 0.4) is 0 Å². The zero-order valence-electron chi connectivity index (χ0n) is 13.7. The maximum absolute atomic E-state index is 12.1. The Balaban J connectivity index is 1.56. The Hall–Kier alpha value is -3.10. The number of aromatic nitrogens is 1. The van der Waals surface area contributed by atoms with Crippen LogP contribution in [0.2, 0.25) is 0 Å². The summed E-state index contributed by atoms with van der Waals surface area (Å²) in [6.45, 7) is 0.267. The first-order chi connectivity index (χ1) is 12.3. The minimum absolute atomic E-state index is 0.220. The second-order valence-corrected chi connectivity index (χ2v) is 5.97. The van der Waals surface area contributed by atoms with Crippen molar-refractivity contribution < 1.29 is 9.53 Å².